The Bertz CT molecular complexity index is 193. The van der Waals surface area contributed by atoms with E-state index >= 15 is 0 Å². The Balaban J connectivity index is 0.00000112. The van der Waals surface area contributed by atoms with Crippen LogP contribution in [0.25, 0.3) is 0 Å². The summed E-state index contributed by atoms with van der Waals surface area (Å²) in [6.07, 6.45) is 7.22. The highest BCUT2D eigenvalue weighted by Crippen LogP contribution is 2.37. The van der Waals surface area contributed by atoms with Gasteiger partial charge in [0.05, 0.1) is 0 Å². The van der Waals surface area contributed by atoms with Crippen molar-refractivity contribution in [1.29, 1.82) is 0 Å². The van der Waals surface area contributed by atoms with E-state index in [0.717, 1.165) is 29.8 Å². The van der Waals surface area contributed by atoms with Crippen LogP contribution in [0, 0.1) is 17.8 Å². The van der Waals surface area contributed by atoms with Crippen molar-refractivity contribution in [3.8, 4) is 0 Å². The number of rotatable bonds is 1. The number of hydrogen-bond acceptors (Lipinski definition) is 1. The number of hydrogen-bond donors (Lipinski definition) is 1. The van der Waals surface area contributed by atoms with Crippen LogP contribution in [0.3, 0.4) is 0 Å². The summed E-state index contributed by atoms with van der Waals surface area (Å²) >= 11 is 0. The molecule has 0 aromatic heterocycles. The summed E-state index contributed by atoms with van der Waals surface area (Å²) in [4.78, 5) is 0. The van der Waals surface area contributed by atoms with Crippen molar-refractivity contribution in [1.82, 2.24) is 5.32 Å². The quantitative estimate of drug-likeness (QED) is 0.727. The highest BCUT2D eigenvalue weighted by molar-refractivity contribution is 5.85. The van der Waals surface area contributed by atoms with E-state index in [1.165, 1.54) is 32.1 Å². The van der Waals surface area contributed by atoms with Gasteiger partial charge in [0.2, 0.25) is 0 Å². The predicted octanol–water partition coefficient (Wildman–Crippen LogP) is 3.62. The molecular weight excluding hydrogens is 206 g/mol. The summed E-state index contributed by atoms with van der Waals surface area (Å²) < 4.78 is 0. The minimum atomic E-state index is 0. The normalized spacial score (nSPS) is 40.8. The van der Waals surface area contributed by atoms with E-state index in [-0.39, 0.29) is 12.4 Å². The lowest BCUT2D eigenvalue weighted by Gasteiger charge is -2.45. The number of piperidine rings is 1. The molecule has 15 heavy (non-hydrogen) atoms. The Morgan fingerprint density at radius 3 is 2.47 bits per heavy atom. The van der Waals surface area contributed by atoms with Gasteiger partial charge in [-0.05, 0) is 37.0 Å². The van der Waals surface area contributed by atoms with E-state index in [1.54, 1.807) is 0 Å². The van der Waals surface area contributed by atoms with Crippen LogP contribution in [0.1, 0.15) is 52.9 Å². The molecule has 0 bridgehead atoms. The van der Waals surface area contributed by atoms with Gasteiger partial charge in [-0.3, -0.25) is 0 Å². The van der Waals surface area contributed by atoms with Crippen molar-refractivity contribution in [2.75, 3.05) is 0 Å². The molecule has 0 aromatic carbocycles. The van der Waals surface area contributed by atoms with Crippen molar-refractivity contribution >= 4 is 12.4 Å². The van der Waals surface area contributed by atoms with Gasteiger partial charge in [0.25, 0.3) is 0 Å². The molecular formula is C13H26ClN. The molecule has 1 nitrogen and oxygen atoms in total. The molecule has 1 heterocycles. The average molecular weight is 232 g/mol. The fraction of sp³-hybridized carbons (Fsp3) is 1.00. The molecule has 0 unspecified atom stereocenters. The second-order valence-corrected chi connectivity index (χ2v) is 5.77. The Labute approximate surface area is 101 Å². The van der Waals surface area contributed by atoms with E-state index in [4.69, 9.17) is 0 Å². The molecule has 0 spiro atoms. The fourth-order valence-corrected chi connectivity index (χ4v) is 3.43. The summed E-state index contributed by atoms with van der Waals surface area (Å²) in [6.45, 7) is 7.16. The minimum absolute atomic E-state index is 0. The lowest BCUT2D eigenvalue weighted by atomic mass is 9.71. The maximum Gasteiger partial charge on any atom is 0.0101 e. The average Bonchev–Trinajstić information content (AvgIpc) is 2.17. The van der Waals surface area contributed by atoms with Gasteiger partial charge in [-0.25, -0.2) is 0 Å². The lowest BCUT2D eigenvalue weighted by molar-refractivity contribution is 0.111. The van der Waals surface area contributed by atoms with Gasteiger partial charge in [0, 0.05) is 12.1 Å². The van der Waals surface area contributed by atoms with E-state index in [0.29, 0.717) is 0 Å². The third kappa shape index (κ3) is 2.88. The van der Waals surface area contributed by atoms with Crippen molar-refractivity contribution in [3.05, 3.63) is 0 Å². The maximum atomic E-state index is 3.89. The van der Waals surface area contributed by atoms with Gasteiger partial charge in [-0.1, -0.05) is 33.6 Å². The largest absolute Gasteiger partial charge is 0.311 e. The van der Waals surface area contributed by atoms with Crippen molar-refractivity contribution < 1.29 is 0 Å². The van der Waals surface area contributed by atoms with Crippen LogP contribution in [0.4, 0.5) is 0 Å². The zero-order valence-electron chi connectivity index (χ0n) is 10.3. The first kappa shape index (κ1) is 13.3. The smallest absolute Gasteiger partial charge is 0.0101 e. The first-order valence-electron chi connectivity index (χ1n) is 6.44. The molecule has 2 heteroatoms. The van der Waals surface area contributed by atoms with Crippen molar-refractivity contribution in [2.45, 2.75) is 65.0 Å². The summed E-state index contributed by atoms with van der Waals surface area (Å²) in [6, 6.07) is 1.64. The lowest BCUT2D eigenvalue weighted by Crippen LogP contribution is -2.52. The van der Waals surface area contributed by atoms with Crippen LogP contribution in [-0.2, 0) is 0 Å². The predicted molar refractivity (Wildman–Crippen MR) is 68.5 cm³/mol. The van der Waals surface area contributed by atoms with Gasteiger partial charge < -0.3 is 5.32 Å². The second-order valence-electron chi connectivity index (χ2n) is 5.77. The molecule has 1 saturated heterocycles. The Hall–Kier alpha value is 0.250. The summed E-state index contributed by atoms with van der Waals surface area (Å²) in [5, 5.41) is 3.89. The molecule has 90 valence electrons. The van der Waals surface area contributed by atoms with Crippen LogP contribution < -0.4 is 5.32 Å². The first-order valence-corrected chi connectivity index (χ1v) is 6.44. The van der Waals surface area contributed by atoms with Crippen molar-refractivity contribution in [3.63, 3.8) is 0 Å². The fourth-order valence-electron chi connectivity index (χ4n) is 3.43. The molecule has 1 aliphatic heterocycles. The van der Waals surface area contributed by atoms with E-state index in [9.17, 15) is 0 Å². The molecule has 2 fully saturated rings. The number of nitrogens with one attached hydrogen (secondary N) is 1. The third-order valence-electron chi connectivity index (χ3n) is 4.47. The summed E-state index contributed by atoms with van der Waals surface area (Å²) in [5.74, 6) is 2.77. The minimum Gasteiger partial charge on any atom is -0.311 e. The zero-order valence-corrected chi connectivity index (χ0v) is 11.1. The SMILES string of the molecule is CC(C)[C@H]1CC[C@H]2[C@H](C)CCC[C@H]2N1.Cl. The van der Waals surface area contributed by atoms with Crippen LogP contribution in [0.5, 0.6) is 0 Å². The monoisotopic (exact) mass is 231 g/mol. The maximum absolute atomic E-state index is 3.89. The molecule has 0 radical (unpaired) electrons. The van der Waals surface area contributed by atoms with Gasteiger partial charge in [-0.2, -0.15) is 0 Å². The van der Waals surface area contributed by atoms with Gasteiger partial charge in [0.1, 0.15) is 0 Å². The molecule has 2 aliphatic rings. The standard InChI is InChI=1S/C13H25N.ClH/c1-9(2)12-8-7-11-10(3)5-4-6-13(11)14-12;/h9-14H,4-8H2,1-3H3;1H/t10-,11+,12-,13-;/m1./s1. The summed E-state index contributed by atoms with van der Waals surface area (Å²) in [5.41, 5.74) is 0. The van der Waals surface area contributed by atoms with Gasteiger partial charge >= 0.3 is 0 Å². The number of fused-ring (bicyclic) bond motifs is 1. The molecule has 1 N–H and O–H groups in total. The molecule has 2 rings (SSSR count). The third-order valence-corrected chi connectivity index (χ3v) is 4.47. The number of halogens is 1. The molecule has 1 saturated carbocycles. The van der Waals surface area contributed by atoms with E-state index < -0.39 is 0 Å². The van der Waals surface area contributed by atoms with Crippen LogP contribution in [0.15, 0.2) is 0 Å². The summed E-state index contributed by atoms with van der Waals surface area (Å²) in [7, 11) is 0. The Morgan fingerprint density at radius 1 is 1.07 bits per heavy atom. The zero-order chi connectivity index (χ0) is 10.1. The van der Waals surface area contributed by atoms with Crippen LogP contribution in [0.2, 0.25) is 0 Å². The first-order chi connectivity index (χ1) is 6.68. The van der Waals surface area contributed by atoms with Gasteiger partial charge in [-0.15, -0.1) is 12.4 Å². The topological polar surface area (TPSA) is 12.0 Å². The van der Waals surface area contributed by atoms with Crippen molar-refractivity contribution in [2.24, 2.45) is 17.8 Å². The van der Waals surface area contributed by atoms with Crippen LogP contribution in [-0.4, -0.2) is 12.1 Å². The van der Waals surface area contributed by atoms with Gasteiger partial charge in [0.15, 0.2) is 0 Å². The molecule has 0 amide bonds. The highest BCUT2D eigenvalue weighted by atomic mass is 35.5. The van der Waals surface area contributed by atoms with Crippen LogP contribution >= 0.6 is 12.4 Å². The van der Waals surface area contributed by atoms with E-state index in [2.05, 4.69) is 26.1 Å². The molecule has 0 aromatic rings. The molecule has 4 atom stereocenters. The Morgan fingerprint density at radius 2 is 1.80 bits per heavy atom. The molecule has 1 aliphatic carbocycles. The Kier molecular flexibility index (Phi) is 4.92. The highest BCUT2D eigenvalue weighted by Gasteiger charge is 2.36. The second kappa shape index (κ2) is 5.54. The van der Waals surface area contributed by atoms with E-state index in [1.807, 2.05) is 0 Å².